The number of hydrogen-bond donors (Lipinski definition) is 2. The third kappa shape index (κ3) is 5.93. The molecule has 0 unspecified atom stereocenters. The molecule has 2 rings (SSSR count). The minimum atomic E-state index is -0.968. The lowest BCUT2D eigenvalue weighted by molar-refractivity contribution is 0.0697. The highest BCUT2D eigenvalue weighted by Crippen LogP contribution is 2.07. The van der Waals surface area contributed by atoms with Gasteiger partial charge in [0.2, 0.25) is 0 Å². The van der Waals surface area contributed by atoms with E-state index in [9.17, 15) is 9.59 Å². The van der Waals surface area contributed by atoms with Gasteiger partial charge in [-0.2, -0.15) is 0 Å². The highest BCUT2D eigenvalue weighted by molar-refractivity contribution is 5.87. The number of hydrogen-bond acceptors (Lipinski definition) is 3. The fourth-order valence-electron chi connectivity index (χ4n) is 2.31. The van der Waals surface area contributed by atoms with Gasteiger partial charge in [-0.25, -0.2) is 9.59 Å². The SMILES string of the molecule is COCCN(Cc1ccccc1)C(=O)NCc1ccc(C(=O)O)cc1. The van der Waals surface area contributed by atoms with Crippen molar-refractivity contribution < 1.29 is 19.4 Å². The zero-order chi connectivity index (χ0) is 18.1. The first-order valence-electron chi connectivity index (χ1n) is 7.98. The lowest BCUT2D eigenvalue weighted by Gasteiger charge is -2.23. The minimum Gasteiger partial charge on any atom is -0.478 e. The van der Waals surface area contributed by atoms with Gasteiger partial charge in [-0.1, -0.05) is 42.5 Å². The average molecular weight is 342 g/mol. The summed E-state index contributed by atoms with van der Waals surface area (Å²) in [7, 11) is 1.60. The van der Waals surface area contributed by atoms with Crippen LogP contribution in [0.4, 0.5) is 4.79 Å². The first-order chi connectivity index (χ1) is 12.1. The Kier molecular flexibility index (Phi) is 6.98. The van der Waals surface area contributed by atoms with E-state index in [1.807, 2.05) is 30.3 Å². The maximum Gasteiger partial charge on any atom is 0.335 e. The van der Waals surface area contributed by atoms with Crippen molar-refractivity contribution in [3.05, 3.63) is 71.3 Å². The third-order valence-electron chi connectivity index (χ3n) is 3.71. The molecule has 0 spiro atoms. The molecule has 0 aliphatic carbocycles. The molecule has 0 radical (unpaired) electrons. The van der Waals surface area contributed by atoms with Crippen molar-refractivity contribution in [2.24, 2.45) is 0 Å². The molecular weight excluding hydrogens is 320 g/mol. The molecule has 25 heavy (non-hydrogen) atoms. The summed E-state index contributed by atoms with van der Waals surface area (Å²) in [5, 5.41) is 11.8. The second-order valence-electron chi connectivity index (χ2n) is 5.56. The normalized spacial score (nSPS) is 10.3. The van der Waals surface area contributed by atoms with Crippen LogP contribution in [-0.4, -0.2) is 42.3 Å². The van der Waals surface area contributed by atoms with Crippen LogP contribution >= 0.6 is 0 Å². The van der Waals surface area contributed by atoms with E-state index >= 15 is 0 Å². The van der Waals surface area contributed by atoms with Crippen LogP contribution < -0.4 is 5.32 Å². The Labute approximate surface area is 147 Å². The fourth-order valence-corrected chi connectivity index (χ4v) is 2.31. The Morgan fingerprint density at radius 3 is 2.32 bits per heavy atom. The number of amides is 2. The van der Waals surface area contributed by atoms with Crippen LogP contribution in [0.15, 0.2) is 54.6 Å². The molecule has 0 saturated heterocycles. The van der Waals surface area contributed by atoms with Gasteiger partial charge in [0.25, 0.3) is 0 Å². The topological polar surface area (TPSA) is 78.9 Å². The number of rotatable bonds is 8. The van der Waals surface area contributed by atoms with Gasteiger partial charge in [-0.15, -0.1) is 0 Å². The number of nitrogens with zero attached hydrogens (tertiary/aromatic N) is 1. The number of aromatic carboxylic acids is 1. The van der Waals surface area contributed by atoms with Gasteiger partial charge < -0.3 is 20.1 Å². The van der Waals surface area contributed by atoms with Gasteiger partial charge in [-0.3, -0.25) is 0 Å². The van der Waals surface area contributed by atoms with Crippen LogP contribution in [0, 0.1) is 0 Å². The number of urea groups is 1. The van der Waals surface area contributed by atoms with Crippen LogP contribution in [0.1, 0.15) is 21.5 Å². The number of carboxylic acid groups (broad SMARTS) is 1. The van der Waals surface area contributed by atoms with Crippen molar-refractivity contribution in [1.29, 1.82) is 0 Å². The van der Waals surface area contributed by atoms with Crippen molar-refractivity contribution in [2.75, 3.05) is 20.3 Å². The van der Waals surface area contributed by atoms with E-state index in [0.29, 0.717) is 26.2 Å². The molecule has 132 valence electrons. The Hall–Kier alpha value is -2.86. The smallest absolute Gasteiger partial charge is 0.335 e. The van der Waals surface area contributed by atoms with Crippen LogP contribution in [0.3, 0.4) is 0 Å². The van der Waals surface area contributed by atoms with Crippen molar-refractivity contribution >= 4 is 12.0 Å². The molecular formula is C19H22N2O4. The molecule has 2 aromatic carbocycles. The maximum atomic E-state index is 12.5. The van der Waals surface area contributed by atoms with E-state index in [2.05, 4.69) is 5.32 Å². The second-order valence-corrected chi connectivity index (χ2v) is 5.56. The Bertz CT molecular complexity index is 686. The summed E-state index contributed by atoms with van der Waals surface area (Å²) in [6.45, 7) is 1.76. The van der Waals surface area contributed by atoms with Gasteiger partial charge in [0, 0.05) is 26.7 Å². The van der Waals surface area contributed by atoms with Crippen molar-refractivity contribution in [3.8, 4) is 0 Å². The lowest BCUT2D eigenvalue weighted by Crippen LogP contribution is -2.40. The summed E-state index contributed by atoms with van der Waals surface area (Å²) < 4.78 is 5.08. The van der Waals surface area contributed by atoms with Gasteiger partial charge in [0.05, 0.1) is 12.2 Å². The summed E-state index contributed by atoms with van der Waals surface area (Å²) in [6.07, 6.45) is 0. The summed E-state index contributed by atoms with van der Waals surface area (Å²) in [4.78, 5) is 25.0. The quantitative estimate of drug-likeness (QED) is 0.773. The van der Waals surface area contributed by atoms with Gasteiger partial charge in [-0.05, 0) is 23.3 Å². The standard InChI is InChI=1S/C19H22N2O4/c1-25-12-11-21(14-16-5-3-2-4-6-16)19(24)20-13-15-7-9-17(10-8-15)18(22)23/h2-10H,11-14H2,1H3,(H,20,24)(H,22,23). The number of carboxylic acids is 1. The predicted molar refractivity (Wildman–Crippen MR) is 94.4 cm³/mol. The first-order valence-corrected chi connectivity index (χ1v) is 7.98. The molecule has 0 aliphatic rings. The van der Waals surface area contributed by atoms with Crippen LogP contribution in [0.2, 0.25) is 0 Å². The summed E-state index contributed by atoms with van der Waals surface area (Å²) in [5.74, 6) is -0.968. The van der Waals surface area contributed by atoms with E-state index in [1.54, 1.807) is 24.1 Å². The summed E-state index contributed by atoms with van der Waals surface area (Å²) in [5.41, 5.74) is 2.10. The molecule has 6 heteroatoms. The van der Waals surface area contributed by atoms with E-state index in [1.165, 1.54) is 12.1 Å². The number of benzene rings is 2. The molecule has 2 amide bonds. The molecule has 0 bridgehead atoms. The molecule has 0 heterocycles. The first kappa shape index (κ1) is 18.5. The van der Waals surface area contributed by atoms with Crippen LogP contribution in [0.25, 0.3) is 0 Å². The van der Waals surface area contributed by atoms with Crippen molar-refractivity contribution in [3.63, 3.8) is 0 Å². The molecule has 2 N–H and O–H groups in total. The van der Waals surface area contributed by atoms with Crippen LogP contribution in [-0.2, 0) is 17.8 Å². The number of carbonyl (C=O) groups is 2. The Balaban J connectivity index is 1.95. The monoisotopic (exact) mass is 342 g/mol. The largest absolute Gasteiger partial charge is 0.478 e. The number of carbonyl (C=O) groups excluding carboxylic acids is 1. The molecule has 0 saturated carbocycles. The third-order valence-corrected chi connectivity index (χ3v) is 3.71. The Morgan fingerprint density at radius 2 is 1.72 bits per heavy atom. The van der Waals surface area contributed by atoms with Crippen LogP contribution in [0.5, 0.6) is 0 Å². The van der Waals surface area contributed by atoms with E-state index < -0.39 is 5.97 Å². The second kappa shape index (κ2) is 9.44. The summed E-state index contributed by atoms with van der Waals surface area (Å²) in [6, 6.07) is 16.0. The number of ether oxygens (including phenoxy) is 1. The van der Waals surface area contributed by atoms with Gasteiger partial charge >= 0.3 is 12.0 Å². The predicted octanol–water partition coefficient (Wildman–Crippen LogP) is 2.74. The number of methoxy groups -OCH3 is 1. The minimum absolute atomic E-state index is 0.191. The van der Waals surface area contributed by atoms with E-state index in [4.69, 9.17) is 9.84 Å². The molecule has 0 atom stereocenters. The highest BCUT2D eigenvalue weighted by Gasteiger charge is 2.13. The molecule has 0 aliphatic heterocycles. The molecule has 0 aromatic heterocycles. The molecule has 2 aromatic rings. The number of nitrogens with one attached hydrogen (secondary N) is 1. The van der Waals surface area contributed by atoms with Crippen molar-refractivity contribution in [2.45, 2.75) is 13.1 Å². The Morgan fingerprint density at radius 1 is 1.04 bits per heavy atom. The highest BCUT2D eigenvalue weighted by atomic mass is 16.5. The maximum absolute atomic E-state index is 12.5. The van der Waals surface area contributed by atoms with E-state index in [0.717, 1.165) is 11.1 Å². The molecule has 0 fully saturated rings. The van der Waals surface area contributed by atoms with E-state index in [-0.39, 0.29) is 11.6 Å². The van der Waals surface area contributed by atoms with Gasteiger partial charge in [0.1, 0.15) is 0 Å². The zero-order valence-corrected chi connectivity index (χ0v) is 14.1. The molecule has 6 nitrogen and oxygen atoms in total. The van der Waals surface area contributed by atoms with Crippen molar-refractivity contribution in [1.82, 2.24) is 10.2 Å². The summed E-state index contributed by atoms with van der Waals surface area (Å²) >= 11 is 0. The average Bonchev–Trinajstić information content (AvgIpc) is 2.64. The zero-order valence-electron chi connectivity index (χ0n) is 14.1. The lowest BCUT2D eigenvalue weighted by atomic mass is 10.1. The van der Waals surface area contributed by atoms with Gasteiger partial charge in [0.15, 0.2) is 0 Å². The fraction of sp³-hybridized carbons (Fsp3) is 0.263.